The Morgan fingerprint density at radius 3 is 2.74 bits per heavy atom. The van der Waals surface area contributed by atoms with Crippen LogP contribution in [0.1, 0.15) is 18.1 Å². The summed E-state index contributed by atoms with van der Waals surface area (Å²) in [6.07, 6.45) is -1.12. The molecular weight excluding hydrogens is 411 g/mol. The molecule has 1 fully saturated rings. The zero-order valence-electron chi connectivity index (χ0n) is 16.8. The molecule has 4 heterocycles. The fourth-order valence-electron chi connectivity index (χ4n) is 3.83. The molecule has 0 aliphatic carbocycles. The molecule has 1 aliphatic rings. The maximum Gasteiger partial charge on any atom is 0.417 e. The van der Waals surface area contributed by atoms with Crippen LogP contribution in [0.5, 0.6) is 0 Å². The number of rotatable bonds is 6. The van der Waals surface area contributed by atoms with E-state index in [4.69, 9.17) is 0 Å². The van der Waals surface area contributed by atoms with Crippen molar-refractivity contribution in [1.82, 2.24) is 25.1 Å². The number of piperazine rings is 1. The smallest absolute Gasteiger partial charge is 0.351 e. The van der Waals surface area contributed by atoms with Gasteiger partial charge in [-0.25, -0.2) is 4.98 Å². The Labute approximate surface area is 176 Å². The molecule has 0 aromatic carbocycles. The molecule has 1 aliphatic heterocycles. The van der Waals surface area contributed by atoms with Gasteiger partial charge in [-0.3, -0.25) is 14.8 Å². The Hall–Kier alpha value is -3.34. The molecule has 1 atom stereocenters. The second-order valence-corrected chi connectivity index (χ2v) is 7.50. The van der Waals surface area contributed by atoms with Gasteiger partial charge in [0.15, 0.2) is 0 Å². The molecule has 1 saturated heterocycles. The van der Waals surface area contributed by atoms with E-state index < -0.39 is 11.7 Å². The number of hydrogen-bond donors (Lipinski definition) is 3. The predicted molar refractivity (Wildman–Crippen MR) is 109 cm³/mol. The topological polar surface area (TPSA) is 92.9 Å². The lowest BCUT2D eigenvalue weighted by atomic mass is 10.1. The summed E-state index contributed by atoms with van der Waals surface area (Å²) >= 11 is 0. The van der Waals surface area contributed by atoms with E-state index >= 15 is 0 Å². The van der Waals surface area contributed by atoms with Gasteiger partial charge < -0.3 is 15.2 Å². The molecule has 3 aromatic heterocycles. The molecule has 0 unspecified atom stereocenters. The lowest BCUT2D eigenvalue weighted by Gasteiger charge is -2.40. The summed E-state index contributed by atoms with van der Waals surface area (Å²) in [7, 11) is 0. The summed E-state index contributed by atoms with van der Waals surface area (Å²) < 4.78 is 38.3. The highest BCUT2D eigenvalue weighted by molar-refractivity contribution is 5.72. The highest BCUT2D eigenvalue weighted by Crippen LogP contribution is 2.30. The van der Waals surface area contributed by atoms with Crippen LogP contribution in [-0.2, 0) is 17.5 Å². The van der Waals surface area contributed by atoms with E-state index in [0.717, 1.165) is 42.3 Å². The zero-order valence-corrected chi connectivity index (χ0v) is 16.8. The van der Waals surface area contributed by atoms with Gasteiger partial charge in [-0.2, -0.15) is 18.3 Å². The standard InChI is InChI=1S/C20H22F3N7O/c1-13-10-29(6-7-30(13)18-5-2-15(9-24-18)20(21,22)23)11-14-8-26-28-19(14)16-3-4-17(27-16)25-12-31/h2-5,8-9,12-13,27H,6-7,10-11H2,1H3,(H,25,31)(H,26,28)/t13-/m1/s1. The number of H-pyrrole nitrogens is 2. The number of aromatic nitrogens is 4. The van der Waals surface area contributed by atoms with Crippen LogP contribution in [-0.4, -0.2) is 57.2 Å². The second kappa shape index (κ2) is 8.42. The lowest BCUT2D eigenvalue weighted by molar-refractivity contribution is -0.137. The number of amides is 1. The average Bonchev–Trinajstić information content (AvgIpc) is 3.37. The fraction of sp³-hybridized carbons (Fsp3) is 0.350. The van der Waals surface area contributed by atoms with Crippen molar-refractivity contribution >= 4 is 18.0 Å². The van der Waals surface area contributed by atoms with Crippen LogP contribution in [0, 0.1) is 0 Å². The number of alkyl halides is 3. The van der Waals surface area contributed by atoms with Crippen LogP contribution in [0.15, 0.2) is 36.7 Å². The van der Waals surface area contributed by atoms with E-state index in [1.807, 2.05) is 17.9 Å². The fourth-order valence-corrected chi connectivity index (χ4v) is 3.83. The number of carbonyl (C=O) groups excluding carboxylic acids is 1. The molecule has 0 radical (unpaired) electrons. The van der Waals surface area contributed by atoms with Crippen molar-refractivity contribution in [2.75, 3.05) is 29.9 Å². The minimum atomic E-state index is -4.39. The Morgan fingerprint density at radius 2 is 2.06 bits per heavy atom. The largest absolute Gasteiger partial charge is 0.417 e. The normalized spacial score (nSPS) is 17.7. The number of halogens is 3. The molecule has 31 heavy (non-hydrogen) atoms. The van der Waals surface area contributed by atoms with Gasteiger partial charge in [0.05, 0.1) is 23.1 Å². The minimum Gasteiger partial charge on any atom is -0.351 e. The Morgan fingerprint density at radius 1 is 1.23 bits per heavy atom. The van der Waals surface area contributed by atoms with Gasteiger partial charge in [-0.05, 0) is 31.2 Å². The van der Waals surface area contributed by atoms with E-state index in [9.17, 15) is 18.0 Å². The third kappa shape index (κ3) is 4.55. The molecule has 11 heteroatoms. The first-order valence-electron chi connectivity index (χ1n) is 9.79. The van der Waals surface area contributed by atoms with E-state index in [2.05, 4.69) is 30.4 Å². The van der Waals surface area contributed by atoms with E-state index in [1.165, 1.54) is 6.07 Å². The Bertz CT molecular complexity index is 1030. The molecule has 3 aromatic rings. The number of nitrogens with zero attached hydrogens (tertiary/aromatic N) is 4. The number of pyridine rings is 1. The molecule has 3 N–H and O–H groups in total. The van der Waals surface area contributed by atoms with E-state index in [0.29, 0.717) is 31.1 Å². The third-order valence-corrected chi connectivity index (χ3v) is 5.36. The number of aromatic amines is 2. The molecule has 0 spiro atoms. The minimum absolute atomic E-state index is 0.0854. The van der Waals surface area contributed by atoms with Crippen LogP contribution in [0.2, 0.25) is 0 Å². The third-order valence-electron chi connectivity index (χ3n) is 5.36. The van der Waals surface area contributed by atoms with Crippen LogP contribution >= 0.6 is 0 Å². The van der Waals surface area contributed by atoms with Crippen molar-refractivity contribution < 1.29 is 18.0 Å². The molecule has 164 valence electrons. The molecule has 8 nitrogen and oxygen atoms in total. The van der Waals surface area contributed by atoms with Gasteiger partial charge in [0, 0.05) is 44.0 Å². The van der Waals surface area contributed by atoms with Crippen molar-refractivity contribution in [2.24, 2.45) is 0 Å². The second-order valence-electron chi connectivity index (χ2n) is 7.50. The first kappa shape index (κ1) is 20.9. The first-order valence-corrected chi connectivity index (χ1v) is 9.79. The summed E-state index contributed by atoms with van der Waals surface area (Å²) in [6.45, 7) is 4.82. The van der Waals surface area contributed by atoms with Crippen LogP contribution < -0.4 is 10.2 Å². The summed E-state index contributed by atoms with van der Waals surface area (Å²) in [6, 6.07) is 6.22. The maximum absolute atomic E-state index is 12.8. The zero-order chi connectivity index (χ0) is 22.0. The van der Waals surface area contributed by atoms with Gasteiger partial charge in [0.1, 0.15) is 11.6 Å². The van der Waals surface area contributed by atoms with Crippen molar-refractivity contribution in [2.45, 2.75) is 25.7 Å². The molecular formula is C20H22F3N7O. The molecule has 0 saturated carbocycles. The quantitative estimate of drug-likeness (QED) is 0.520. The molecule has 1 amide bonds. The number of carbonyl (C=O) groups is 1. The van der Waals surface area contributed by atoms with Gasteiger partial charge in [0.25, 0.3) is 0 Å². The van der Waals surface area contributed by atoms with Gasteiger partial charge in [-0.1, -0.05) is 0 Å². The molecule has 0 bridgehead atoms. The predicted octanol–water partition coefficient (Wildman–Crippen LogP) is 3.10. The van der Waals surface area contributed by atoms with Crippen LogP contribution in [0.25, 0.3) is 11.4 Å². The van der Waals surface area contributed by atoms with Crippen LogP contribution in [0.3, 0.4) is 0 Å². The number of nitrogens with one attached hydrogen (secondary N) is 3. The highest BCUT2D eigenvalue weighted by Gasteiger charge is 2.31. The van der Waals surface area contributed by atoms with Gasteiger partial charge in [0.2, 0.25) is 6.41 Å². The first-order chi connectivity index (χ1) is 14.8. The van der Waals surface area contributed by atoms with Crippen LogP contribution in [0.4, 0.5) is 24.8 Å². The SMILES string of the molecule is C[C@@H]1CN(Cc2cn[nH]c2-c2ccc(NC=O)[nH]2)CCN1c1ccc(C(F)(F)F)cn1. The highest BCUT2D eigenvalue weighted by atomic mass is 19.4. The summed E-state index contributed by atoms with van der Waals surface area (Å²) in [5.41, 5.74) is 1.93. The van der Waals surface area contributed by atoms with Crippen molar-refractivity contribution in [3.05, 3.63) is 47.8 Å². The Kier molecular flexibility index (Phi) is 5.68. The van der Waals surface area contributed by atoms with Gasteiger partial charge >= 0.3 is 6.18 Å². The average molecular weight is 433 g/mol. The summed E-state index contributed by atoms with van der Waals surface area (Å²) in [5.74, 6) is 1.14. The summed E-state index contributed by atoms with van der Waals surface area (Å²) in [4.78, 5) is 22.0. The lowest BCUT2D eigenvalue weighted by Crippen LogP contribution is -2.51. The van der Waals surface area contributed by atoms with Crippen molar-refractivity contribution in [3.63, 3.8) is 0 Å². The monoisotopic (exact) mass is 433 g/mol. The van der Waals surface area contributed by atoms with Gasteiger partial charge in [-0.15, -0.1) is 0 Å². The number of anilines is 2. The van der Waals surface area contributed by atoms with E-state index in [1.54, 1.807) is 12.3 Å². The van der Waals surface area contributed by atoms with Crippen molar-refractivity contribution in [1.29, 1.82) is 0 Å². The van der Waals surface area contributed by atoms with E-state index in [-0.39, 0.29) is 6.04 Å². The van der Waals surface area contributed by atoms with Crippen molar-refractivity contribution in [3.8, 4) is 11.4 Å². The number of hydrogen-bond acceptors (Lipinski definition) is 5. The molecule has 4 rings (SSSR count). The maximum atomic E-state index is 12.8. The Balaban J connectivity index is 1.41. The summed E-state index contributed by atoms with van der Waals surface area (Å²) in [5, 5.41) is 9.72.